The van der Waals surface area contributed by atoms with E-state index >= 15 is 0 Å². The Kier molecular flexibility index (Phi) is 5.18. The molecule has 0 heterocycles. The standard InChI is InChI=1S/C13H16ClNO4/c1-7(2)10(6-12(17)18)15-13(19)9-4-3-8(14)5-11(9)16/h3-5,7,10,16H,6H2,1-2H3,(H,15,19)(H,17,18)/t10-/m1/s1. The Morgan fingerprint density at radius 1 is 1.37 bits per heavy atom. The van der Waals surface area contributed by atoms with Gasteiger partial charge in [-0.15, -0.1) is 0 Å². The summed E-state index contributed by atoms with van der Waals surface area (Å²) in [5, 5.41) is 21.3. The third-order valence-electron chi connectivity index (χ3n) is 2.72. The van der Waals surface area contributed by atoms with E-state index in [2.05, 4.69) is 5.32 Å². The van der Waals surface area contributed by atoms with Gasteiger partial charge in [-0.25, -0.2) is 0 Å². The summed E-state index contributed by atoms with van der Waals surface area (Å²) in [6, 6.07) is 3.64. The Bertz CT molecular complexity index is 488. The van der Waals surface area contributed by atoms with Crippen molar-refractivity contribution >= 4 is 23.5 Å². The molecule has 5 nitrogen and oxygen atoms in total. The minimum atomic E-state index is -0.987. The number of aromatic hydroxyl groups is 1. The van der Waals surface area contributed by atoms with Gasteiger partial charge in [0.2, 0.25) is 0 Å². The van der Waals surface area contributed by atoms with Crippen molar-refractivity contribution in [3.63, 3.8) is 0 Å². The molecule has 3 N–H and O–H groups in total. The number of halogens is 1. The summed E-state index contributed by atoms with van der Waals surface area (Å²) >= 11 is 5.68. The molecule has 0 aliphatic rings. The highest BCUT2D eigenvalue weighted by Crippen LogP contribution is 2.22. The van der Waals surface area contributed by atoms with Crippen molar-refractivity contribution in [2.24, 2.45) is 5.92 Å². The molecule has 1 aromatic rings. The number of carboxylic acids is 1. The molecule has 0 unspecified atom stereocenters. The zero-order chi connectivity index (χ0) is 14.6. The molecule has 1 aromatic carbocycles. The predicted molar refractivity (Wildman–Crippen MR) is 71.5 cm³/mol. The Morgan fingerprint density at radius 3 is 2.47 bits per heavy atom. The van der Waals surface area contributed by atoms with Crippen LogP contribution in [0.15, 0.2) is 18.2 Å². The van der Waals surface area contributed by atoms with Gasteiger partial charge in [0.1, 0.15) is 5.75 Å². The van der Waals surface area contributed by atoms with Gasteiger partial charge in [0.25, 0.3) is 5.91 Å². The highest BCUT2D eigenvalue weighted by atomic mass is 35.5. The number of phenolic OH excluding ortho intramolecular Hbond substituents is 1. The first-order chi connectivity index (χ1) is 8.81. The molecule has 0 bridgehead atoms. The number of carbonyl (C=O) groups is 2. The first-order valence-electron chi connectivity index (χ1n) is 5.82. The van der Waals surface area contributed by atoms with Crippen LogP contribution in [0.5, 0.6) is 5.75 Å². The van der Waals surface area contributed by atoms with E-state index in [-0.39, 0.29) is 23.7 Å². The molecule has 1 amide bonds. The second kappa shape index (κ2) is 6.43. The van der Waals surface area contributed by atoms with Crippen LogP contribution in [0.25, 0.3) is 0 Å². The van der Waals surface area contributed by atoms with E-state index < -0.39 is 17.9 Å². The lowest BCUT2D eigenvalue weighted by atomic mass is 10.0. The van der Waals surface area contributed by atoms with E-state index in [0.717, 1.165) is 0 Å². The van der Waals surface area contributed by atoms with Crippen LogP contribution in [0.4, 0.5) is 0 Å². The van der Waals surface area contributed by atoms with Gasteiger partial charge in [0.05, 0.1) is 12.0 Å². The minimum absolute atomic E-state index is 0.0329. The molecule has 6 heteroatoms. The maximum atomic E-state index is 12.0. The molecule has 0 aromatic heterocycles. The molecule has 0 radical (unpaired) electrons. The molecular weight excluding hydrogens is 270 g/mol. The van der Waals surface area contributed by atoms with Crippen LogP contribution in [-0.2, 0) is 4.79 Å². The molecule has 0 fully saturated rings. The molecule has 0 spiro atoms. The number of hydrogen-bond donors (Lipinski definition) is 3. The van der Waals surface area contributed by atoms with Crippen molar-refractivity contribution in [1.29, 1.82) is 0 Å². The summed E-state index contributed by atoms with van der Waals surface area (Å²) in [5.41, 5.74) is 0.0699. The summed E-state index contributed by atoms with van der Waals surface area (Å²) in [5.74, 6) is -1.77. The Balaban J connectivity index is 2.84. The minimum Gasteiger partial charge on any atom is -0.507 e. The monoisotopic (exact) mass is 285 g/mol. The normalized spacial score (nSPS) is 12.2. The van der Waals surface area contributed by atoms with Crippen molar-refractivity contribution in [2.75, 3.05) is 0 Å². The molecule has 0 saturated heterocycles. The maximum absolute atomic E-state index is 12.0. The average Bonchev–Trinajstić information content (AvgIpc) is 2.26. The SMILES string of the molecule is CC(C)[C@@H](CC(=O)O)NC(=O)c1ccc(Cl)cc1O. The number of rotatable bonds is 5. The lowest BCUT2D eigenvalue weighted by Crippen LogP contribution is -2.40. The van der Waals surface area contributed by atoms with Crippen LogP contribution in [-0.4, -0.2) is 28.1 Å². The number of phenols is 1. The van der Waals surface area contributed by atoms with Crippen LogP contribution >= 0.6 is 11.6 Å². The van der Waals surface area contributed by atoms with Crippen LogP contribution in [0, 0.1) is 5.92 Å². The van der Waals surface area contributed by atoms with Gasteiger partial charge in [0.15, 0.2) is 0 Å². The third kappa shape index (κ3) is 4.44. The number of carboxylic acid groups (broad SMARTS) is 1. The molecule has 1 rings (SSSR count). The lowest BCUT2D eigenvalue weighted by molar-refractivity contribution is -0.137. The molecular formula is C13H16ClNO4. The van der Waals surface area contributed by atoms with Gasteiger partial charge >= 0.3 is 5.97 Å². The molecule has 0 aliphatic carbocycles. The first-order valence-corrected chi connectivity index (χ1v) is 6.20. The van der Waals surface area contributed by atoms with Gasteiger partial charge in [-0.2, -0.15) is 0 Å². The van der Waals surface area contributed by atoms with Gasteiger partial charge in [0, 0.05) is 11.1 Å². The fourth-order valence-electron chi connectivity index (χ4n) is 1.58. The fraction of sp³-hybridized carbons (Fsp3) is 0.385. The van der Waals surface area contributed by atoms with Crippen molar-refractivity contribution < 1.29 is 19.8 Å². The van der Waals surface area contributed by atoms with Gasteiger partial charge in [-0.05, 0) is 24.1 Å². The zero-order valence-corrected chi connectivity index (χ0v) is 11.4. The van der Waals surface area contributed by atoms with E-state index in [9.17, 15) is 14.7 Å². The summed E-state index contributed by atoms with van der Waals surface area (Å²) < 4.78 is 0. The van der Waals surface area contributed by atoms with E-state index in [1.54, 1.807) is 0 Å². The van der Waals surface area contributed by atoms with E-state index in [4.69, 9.17) is 16.7 Å². The Morgan fingerprint density at radius 2 is 2.00 bits per heavy atom. The van der Waals surface area contributed by atoms with Crippen molar-refractivity contribution in [1.82, 2.24) is 5.32 Å². The highest BCUT2D eigenvalue weighted by Gasteiger charge is 2.21. The van der Waals surface area contributed by atoms with Gasteiger partial charge in [-0.1, -0.05) is 25.4 Å². The Labute approximate surface area is 116 Å². The quantitative estimate of drug-likeness (QED) is 0.774. The van der Waals surface area contributed by atoms with Crippen molar-refractivity contribution in [3.8, 4) is 5.75 Å². The highest BCUT2D eigenvalue weighted by molar-refractivity contribution is 6.30. The average molecular weight is 286 g/mol. The van der Waals surface area contributed by atoms with Crippen LogP contribution in [0.1, 0.15) is 30.6 Å². The van der Waals surface area contributed by atoms with E-state index in [0.29, 0.717) is 5.02 Å². The van der Waals surface area contributed by atoms with Crippen molar-refractivity contribution in [2.45, 2.75) is 26.3 Å². The van der Waals surface area contributed by atoms with E-state index in [1.807, 2.05) is 13.8 Å². The van der Waals surface area contributed by atoms with Crippen LogP contribution < -0.4 is 5.32 Å². The van der Waals surface area contributed by atoms with Crippen molar-refractivity contribution in [3.05, 3.63) is 28.8 Å². The predicted octanol–water partition coefficient (Wildman–Crippen LogP) is 2.27. The molecule has 19 heavy (non-hydrogen) atoms. The summed E-state index contributed by atoms with van der Waals surface area (Å²) in [4.78, 5) is 22.7. The summed E-state index contributed by atoms with van der Waals surface area (Å²) in [6.07, 6.45) is -0.169. The number of nitrogens with one attached hydrogen (secondary N) is 1. The number of benzene rings is 1. The third-order valence-corrected chi connectivity index (χ3v) is 2.96. The topological polar surface area (TPSA) is 86.6 Å². The molecule has 0 aliphatic heterocycles. The smallest absolute Gasteiger partial charge is 0.305 e. The van der Waals surface area contributed by atoms with Crippen LogP contribution in [0.2, 0.25) is 5.02 Å². The molecule has 104 valence electrons. The lowest BCUT2D eigenvalue weighted by Gasteiger charge is -2.20. The number of hydrogen-bond acceptors (Lipinski definition) is 3. The zero-order valence-electron chi connectivity index (χ0n) is 10.7. The maximum Gasteiger partial charge on any atom is 0.305 e. The number of aliphatic carboxylic acids is 1. The second-order valence-electron chi connectivity index (χ2n) is 4.58. The molecule has 0 saturated carbocycles. The molecule has 1 atom stereocenters. The largest absolute Gasteiger partial charge is 0.507 e. The second-order valence-corrected chi connectivity index (χ2v) is 5.02. The van der Waals surface area contributed by atoms with Gasteiger partial charge < -0.3 is 15.5 Å². The Hall–Kier alpha value is -1.75. The summed E-state index contributed by atoms with van der Waals surface area (Å²) in [6.45, 7) is 3.63. The summed E-state index contributed by atoms with van der Waals surface area (Å²) in [7, 11) is 0. The number of amides is 1. The number of carbonyl (C=O) groups excluding carboxylic acids is 1. The van der Waals surface area contributed by atoms with E-state index in [1.165, 1.54) is 18.2 Å². The fourth-order valence-corrected chi connectivity index (χ4v) is 1.75. The first kappa shape index (κ1) is 15.3. The van der Waals surface area contributed by atoms with Gasteiger partial charge in [-0.3, -0.25) is 9.59 Å². The van der Waals surface area contributed by atoms with Crippen LogP contribution in [0.3, 0.4) is 0 Å².